The first-order valence-electron chi connectivity index (χ1n) is 8.91. The Morgan fingerprint density at radius 3 is 2.33 bits per heavy atom. The molecule has 1 heteroatoms. The predicted octanol–water partition coefficient (Wildman–Crippen LogP) is 4.94. The quantitative estimate of drug-likeness (QED) is 0.825. The van der Waals surface area contributed by atoms with E-state index in [1.807, 2.05) is 0 Å². The van der Waals surface area contributed by atoms with Crippen molar-refractivity contribution < 1.29 is 0 Å². The van der Waals surface area contributed by atoms with Gasteiger partial charge in [-0.2, -0.15) is 0 Å². The van der Waals surface area contributed by atoms with Crippen LogP contribution in [0.15, 0.2) is 30.3 Å². The van der Waals surface area contributed by atoms with E-state index in [1.165, 1.54) is 44.1 Å². The lowest BCUT2D eigenvalue weighted by molar-refractivity contribution is -0.119. The minimum absolute atomic E-state index is 0.524. The van der Waals surface area contributed by atoms with Crippen LogP contribution in [0.4, 0.5) is 0 Å². The first-order valence-corrected chi connectivity index (χ1v) is 8.91. The van der Waals surface area contributed by atoms with E-state index in [0.717, 1.165) is 18.4 Å². The minimum atomic E-state index is 0.524. The SMILES string of the molecule is CCNC(c1ccccc1)C12CC3CC(CC(C)(C3)C1)C2. The van der Waals surface area contributed by atoms with Gasteiger partial charge in [0.25, 0.3) is 0 Å². The fourth-order valence-electron chi connectivity index (χ4n) is 6.67. The highest BCUT2D eigenvalue weighted by Gasteiger charge is 2.58. The molecule has 3 atom stereocenters. The van der Waals surface area contributed by atoms with Crippen LogP contribution in [-0.2, 0) is 0 Å². The van der Waals surface area contributed by atoms with Gasteiger partial charge >= 0.3 is 0 Å². The molecular weight excluding hydrogens is 254 g/mol. The molecule has 0 heterocycles. The van der Waals surface area contributed by atoms with Crippen LogP contribution in [0.5, 0.6) is 0 Å². The summed E-state index contributed by atoms with van der Waals surface area (Å²) in [6, 6.07) is 11.8. The lowest BCUT2D eigenvalue weighted by Gasteiger charge is -2.63. The van der Waals surface area contributed by atoms with Crippen molar-refractivity contribution in [2.24, 2.45) is 22.7 Å². The van der Waals surface area contributed by atoms with Crippen LogP contribution in [0.2, 0.25) is 0 Å². The Morgan fingerprint density at radius 1 is 1.10 bits per heavy atom. The van der Waals surface area contributed by atoms with Crippen molar-refractivity contribution in [1.29, 1.82) is 0 Å². The summed E-state index contributed by atoms with van der Waals surface area (Å²) < 4.78 is 0. The third-order valence-electron chi connectivity index (χ3n) is 6.55. The fraction of sp³-hybridized carbons (Fsp3) is 0.700. The van der Waals surface area contributed by atoms with Gasteiger partial charge in [0.15, 0.2) is 0 Å². The van der Waals surface area contributed by atoms with E-state index in [9.17, 15) is 0 Å². The van der Waals surface area contributed by atoms with Crippen molar-refractivity contribution in [3.63, 3.8) is 0 Å². The summed E-state index contributed by atoms with van der Waals surface area (Å²) >= 11 is 0. The maximum absolute atomic E-state index is 3.87. The maximum atomic E-state index is 3.87. The fourth-order valence-corrected chi connectivity index (χ4v) is 6.67. The molecule has 4 aliphatic carbocycles. The molecule has 4 bridgehead atoms. The Kier molecular flexibility index (Phi) is 3.19. The van der Waals surface area contributed by atoms with Gasteiger partial charge in [-0.1, -0.05) is 44.2 Å². The summed E-state index contributed by atoms with van der Waals surface area (Å²) in [5.74, 6) is 2.00. The van der Waals surface area contributed by atoms with Gasteiger partial charge in [0.2, 0.25) is 0 Å². The second-order valence-electron chi connectivity index (χ2n) is 8.54. The predicted molar refractivity (Wildman–Crippen MR) is 88.1 cm³/mol. The van der Waals surface area contributed by atoms with Crippen molar-refractivity contribution >= 4 is 0 Å². The number of hydrogen-bond acceptors (Lipinski definition) is 1. The van der Waals surface area contributed by atoms with E-state index in [0.29, 0.717) is 16.9 Å². The molecule has 1 nitrogen and oxygen atoms in total. The van der Waals surface area contributed by atoms with Gasteiger partial charge in [-0.05, 0) is 73.3 Å². The highest BCUT2D eigenvalue weighted by molar-refractivity contribution is 5.24. The molecule has 0 saturated heterocycles. The Hall–Kier alpha value is -0.820. The summed E-state index contributed by atoms with van der Waals surface area (Å²) in [6.07, 6.45) is 8.89. The van der Waals surface area contributed by atoms with Crippen LogP contribution >= 0.6 is 0 Å². The molecule has 3 unspecified atom stereocenters. The summed E-state index contributed by atoms with van der Waals surface area (Å²) in [7, 11) is 0. The second-order valence-corrected chi connectivity index (χ2v) is 8.54. The standard InChI is InChI=1S/C20H29N/c1-3-21-18(17-7-5-4-6-8-17)20-12-15-9-16(13-20)11-19(2,10-15)14-20/h4-8,15-16,18,21H,3,9-14H2,1-2H3. The summed E-state index contributed by atoms with van der Waals surface area (Å²) in [5.41, 5.74) is 2.67. The third kappa shape index (κ3) is 2.25. The van der Waals surface area contributed by atoms with Gasteiger partial charge < -0.3 is 5.32 Å². The molecule has 1 aromatic rings. The maximum Gasteiger partial charge on any atom is 0.0377 e. The van der Waals surface area contributed by atoms with Crippen LogP contribution in [0.3, 0.4) is 0 Å². The molecule has 114 valence electrons. The first-order chi connectivity index (χ1) is 10.1. The molecule has 0 aromatic heterocycles. The minimum Gasteiger partial charge on any atom is -0.310 e. The number of hydrogen-bond donors (Lipinski definition) is 1. The van der Waals surface area contributed by atoms with Crippen molar-refractivity contribution in [3.8, 4) is 0 Å². The normalized spacial score (nSPS) is 42.2. The van der Waals surface area contributed by atoms with Crippen LogP contribution in [0.1, 0.15) is 64.0 Å². The summed E-state index contributed by atoms with van der Waals surface area (Å²) in [4.78, 5) is 0. The van der Waals surface area contributed by atoms with E-state index in [2.05, 4.69) is 49.5 Å². The molecule has 5 rings (SSSR count). The number of benzene rings is 1. The van der Waals surface area contributed by atoms with Crippen LogP contribution in [0.25, 0.3) is 0 Å². The van der Waals surface area contributed by atoms with E-state index in [4.69, 9.17) is 0 Å². The average Bonchev–Trinajstić information content (AvgIpc) is 2.43. The van der Waals surface area contributed by atoms with Crippen LogP contribution in [0, 0.1) is 22.7 Å². The van der Waals surface area contributed by atoms with Gasteiger partial charge in [-0.25, -0.2) is 0 Å². The van der Waals surface area contributed by atoms with E-state index < -0.39 is 0 Å². The smallest absolute Gasteiger partial charge is 0.0377 e. The van der Waals surface area contributed by atoms with Gasteiger partial charge in [0.05, 0.1) is 0 Å². The lowest BCUT2D eigenvalue weighted by Crippen LogP contribution is -2.55. The van der Waals surface area contributed by atoms with Gasteiger partial charge in [-0.15, -0.1) is 0 Å². The molecule has 4 fully saturated rings. The Morgan fingerprint density at radius 2 is 1.76 bits per heavy atom. The van der Waals surface area contributed by atoms with Crippen molar-refractivity contribution in [3.05, 3.63) is 35.9 Å². The van der Waals surface area contributed by atoms with Gasteiger partial charge in [-0.3, -0.25) is 0 Å². The first kappa shape index (κ1) is 13.8. The highest BCUT2D eigenvalue weighted by atomic mass is 14.9. The zero-order valence-corrected chi connectivity index (χ0v) is 13.6. The molecule has 0 aliphatic heterocycles. The number of rotatable bonds is 4. The zero-order chi connectivity index (χ0) is 14.5. The van der Waals surface area contributed by atoms with Crippen molar-refractivity contribution in [2.75, 3.05) is 6.54 Å². The summed E-state index contributed by atoms with van der Waals surface area (Å²) in [5, 5.41) is 3.87. The zero-order valence-electron chi connectivity index (χ0n) is 13.6. The molecule has 0 amide bonds. The second kappa shape index (κ2) is 4.84. The largest absolute Gasteiger partial charge is 0.310 e. The Labute approximate surface area is 129 Å². The van der Waals surface area contributed by atoms with Gasteiger partial charge in [0, 0.05) is 6.04 Å². The van der Waals surface area contributed by atoms with Crippen LogP contribution < -0.4 is 5.32 Å². The van der Waals surface area contributed by atoms with Crippen molar-refractivity contribution in [2.45, 2.75) is 58.4 Å². The molecular formula is C20H29N. The van der Waals surface area contributed by atoms with E-state index >= 15 is 0 Å². The monoisotopic (exact) mass is 283 g/mol. The molecule has 1 aromatic carbocycles. The topological polar surface area (TPSA) is 12.0 Å². The average molecular weight is 283 g/mol. The third-order valence-corrected chi connectivity index (χ3v) is 6.55. The molecule has 0 radical (unpaired) electrons. The molecule has 4 saturated carbocycles. The van der Waals surface area contributed by atoms with E-state index in [1.54, 1.807) is 0 Å². The van der Waals surface area contributed by atoms with Crippen LogP contribution in [-0.4, -0.2) is 6.54 Å². The molecule has 1 N–H and O–H groups in total. The molecule has 4 aliphatic rings. The summed E-state index contributed by atoms with van der Waals surface area (Å²) in [6.45, 7) is 5.92. The van der Waals surface area contributed by atoms with Gasteiger partial charge in [0.1, 0.15) is 0 Å². The molecule has 21 heavy (non-hydrogen) atoms. The number of nitrogens with one attached hydrogen (secondary N) is 1. The van der Waals surface area contributed by atoms with Crippen molar-refractivity contribution in [1.82, 2.24) is 5.32 Å². The Bertz CT molecular complexity index is 492. The van der Waals surface area contributed by atoms with E-state index in [-0.39, 0.29) is 0 Å². The Balaban J connectivity index is 1.72. The lowest BCUT2D eigenvalue weighted by atomic mass is 9.43. The molecule has 0 spiro atoms. The highest BCUT2D eigenvalue weighted by Crippen LogP contribution is 2.68.